The normalized spacial score (nSPS) is 23.2. The number of hydrogen-bond donors (Lipinski definition) is 1. The molecule has 0 amide bonds. The van der Waals surface area contributed by atoms with Crippen LogP contribution in [0.1, 0.15) is 30.4 Å². The molecule has 2 heterocycles. The lowest BCUT2D eigenvalue weighted by atomic mass is 9.99. The molecule has 1 atom stereocenters. The van der Waals surface area contributed by atoms with E-state index >= 15 is 0 Å². The minimum absolute atomic E-state index is 0.0760. The maximum atomic E-state index is 8.71. The van der Waals surface area contributed by atoms with Crippen LogP contribution in [0, 0.1) is 11.8 Å². The largest absolute Gasteiger partial charge is 0.384 e. The number of benzene rings is 1. The first-order valence-electron chi connectivity index (χ1n) is 8.00. The maximum Gasteiger partial charge on any atom is 0.104 e. The first-order valence-corrected chi connectivity index (χ1v) is 8.00. The van der Waals surface area contributed by atoms with Crippen molar-refractivity contribution < 1.29 is 5.11 Å². The highest BCUT2D eigenvalue weighted by molar-refractivity contribution is 5.36. The van der Waals surface area contributed by atoms with Gasteiger partial charge in [-0.15, -0.1) is 0 Å². The van der Waals surface area contributed by atoms with Gasteiger partial charge in [0.2, 0.25) is 0 Å². The second-order valence-corrected chi connectivity index (χ2v) is 6.08. The van der Waals surface area contributed by atoms with E-state index in [-0.39, 0.29) is 6.61 Å². The van der Waals surface area contributed by atoms with Gasteiger partial charge in [0.05, 0.1) is 0 Å². The highest BCUT2D eigenvalue weighted by Gasteiger charge is 2.28. The van der Waals surface area contributed by atoms with Gasteiger partial charge in [0.15, 0.2) is 0 Å². The third-order valence-electron chi connectivity index (χ3n) is 4.59. The number of nitrogens with zero attached hydrogens (tertiary/aromatic N) is 2. The molecule has 1 aromatic carbocycles. The molecule has 0 spiro atoms. The number of aliphatic hydroxyl groups excluding tert-OH is 1. The lowest BCUT2D eigenvalue weighted by Gasteiger charge is -2.44. The van der Waals surface area contributed by atoms with Crippen LogP contribution in [0.15, 0.2) is 24.3 Å². The summed E-state index contributed by atoms with van der Waals surface area (Å²) in [6.07, 6.45) is 4.15. The maximum absolute atomic E-state index is 8.71. The summed E-state index contributed by atoms with van der Waals surface area (Å²) >= 11 is 0. The summed E-state index contributed by atoms with van der Waals surface area (Å²) in [6, 6.07) is 9.20. The van der Waals surface area contributed by atoms with Gasteiger partial charge in [-0.3, -0.25) is 9.80 Å². The second-order valence-electron chi connectivity index (χ2n) is 6.08. The van der Waals surface area contributed by atoms with Crippen LogP contribution in [-0.2, 0) is 6.54 Å². The molecular weight excluding hydrogens is 260 g/mol. The van der Waals surface area contributed by atoms with Gasteiger partial charge in [0.1, 0.15) is 6.61 Å². The van der Waals surface area contributed by atoms with Crippen LogP contribution in [0.4, 0.5) is 0 Å². The number of piperidine rings is 1. The minimum Gasteiger partial charge on any atom is -0.384 e. The molecule has 2 fully saturated rings. The molecule has 0 saturated carbocycles. The van der Waals surface area contributed by atoms with E-state index in [4.69, 9.17) is 5.11 Å². The number of fused-ring (bicyclic) bond motifs is 1. The summed E-state index contributed by atoms with van der Waals surface area (Å²) in [5, 5.41) is 8.71. The van der Waals surface area contributed by atoms with Crippen LogP contribution >= 0.6 is 0 Å². The fraction of sp³-hybridized carbons (Fsp3) is 0.556. The molecule has 0 aliphatic carbocycles. The van der Waals surface area contributed by atoms with Crippen molar-refractivity contribution in [2.45, 2.75) is 31.8 Å². The highest BCUT2D eigenvalue weighted by atomic mass is 16.2. The quantitative estimate of drug-likeness (QED) is 0.838. The zero-order chi connectivity index (χ0) is 14.5. The molecule has 1 N–H and O–H groups in total. The van der Waals surface area contributed by atoms with Gasteiger partial charge >= 0.3 is 0 Å². The standard InChI is InChI=1S/C18H24N2O/c21-13-3-4-16-6-8-17(9-7-16)14-19-11-12-20-10-2-1-5-18(20)15-19/h6-9,18,21H,1-2,5,10-15H2. The lowest BCUT2D eigenvalue weighted by Crippen LogP contribution is -2.54. The molecule has 0 radical (unpaired) electrons. The summed E-state index contributed by atoms with van der Waals surface area (Å²) in [7, 11) is 0. The molecule has 21 heavy (non-hydrogen) atoms. The summed E-state index contributed by atoms with van der Waals surface area (Å²) < 4.78 is 0. The van der Waals surface area contributed by atoms with Gasteiger partial charge < -0.3 is 5.11 Å². The third-order valence-corrected chi connectivity index (χ3v) is 4.59. The fourth-order valence-electron chi connectivity index (χ4n) is 3.46. The van der Waals surface area contributed by atoms with E-state index in [9.17, 15) is 0 Å². The van der Waals surface area contributed by atoms with Crippen molar-refractivity contribution >= 4 is 0 Å². The van der Waals surface area contributed by atoms with Crippen molar-refractivity contribution in [3.05, 3.63) is 35.4 Å². The van der Waals surface area contributed by atoms with E-state index in [0.29, 0.717) is 0 Å². The minimum atomic E-state index is -0.0760. The van der Waals surface area contributed by atoms with Gasteiger partial charge in [0, 0.05) is 37.8 Å². The Balaban J connectivity index is 1.56. The zero-order valence-corrected chi connectivity index (χ0v) is 12.6. The zero-order valence-electron chi connectivity index (χ0n) is 12.6. The van der Waals surface area contributed by atoms with E-state index in [2.05, 4.69) is 45.9 Å². The molecular formula is C18H24N2O. The van der Waals surface area contributed by atoms with Gasteiger partial charge in [-0.05, 0) is 37.1 Å². The van der Waals surface area contributed by atoms with Gasteiger partial charge in [-0.25, -0.2) is 0 Å². The lowest BCUT2D eigenvalue weighted by molar-refractivity contribution is 0.0457. The number of piperazine rings is 1. The smallest absolute Gasteiger partial charge is 0.104 e. The van der Waals surface area contributed by atoms with Gasteiger partial charge in [-0.1, -0.05) is 30.4 Å². The molecule has 0 bridgehead atoms. The first kappa shape index (κ1) is 14.6. The summed E-state index contributed by atoms with van der Waals surface area (Å²) in [5.41, 5.74) is 2.33. The van der Waals surface area contributed by atoms with Crippen LogP contribution in [0.25, 0.3) is 0 Å². The summed E-state index contributed by atoms with van der Waals surface area (Å²) in [6.45, 7) is 5.89. The Bertz CT molecular complexity index is 514. The predicted molar refractivity (Wildman–Crippen MR) is 84.9 cm³/mol. The molecule has 2 saturated heterocycles. The van der Waals surface area contributed by atoms with E-state index in [1.165, 1.54) is 51.0 Å². The molecule has 3 nitrogen and oxygen atoms in total. The van der Waals surface area contributed by atoms with Crippen LogP contribution < -0.4 is 0 Å². The number of hydrogen-bond acceptors (Lipinski definition) is 3. The predicted octanol–water partition coefficient (Wildman–Crippen LogP) is 1.70. The molecule has 112 valence electrons. The summed E-state index contributed by atoms with van der Waals surface area (Å²) in [5.74, 6) is 5.63. The van der Waals surface area contributed by atoms with Crippen LogP contribution in [-0.4, -0.2) is 53.7 Å². The first-order chi connectivity index (χ1) is 10.3. The van der Waals surface area contributed by atoms with Crippen LogP contribution in [0.2, 0.25) is 0 Å². The highest BCUT2D eigenvalue weighted by Crippen LogP contribution is 2.22. The van der Waals surface area contributed by atoms with Crippen molar-refractivity contribution in [2.75, 3.05) is 32.8 Å². The van der Waals surface area contributed by atoms with Crippen molar-refractivity contribution in [3.63, 3.8) is 0 Å². The topological polar surface area (TPSA) is 26.7 Å². The Morgan fingerprint density at radius 3 is 2.76 bits per heavy atom. The third kappa shape index (κ3) is 3.85. The van der Waals surface area contributed by atoms with Gasteiger partial charge in [-0.2, -0.15) is 0 Å². The molecule has 2 aliphatic rings. The monoisotopic (exact) mass is 284 g/mol. The van der Waals surface area contributed by atoms with E-state index in [0.717, 1.165) is 18.2 Å². The van der Waals surface area contributed by atoms with E-state index in [1.807, 2.05) is 0 Å². The Labute approximate surface area is 127 Å². The molecule has 0 aromatic heterocycles. The Morgan fingerprint density at radius 2 is 1.95 bits per heavy atom. The molecule has 1 aromatic rings. The van der Waals surface area contributed by atoms with Crippen LogP contribution in [0.3, 0.4) is 0 Å². The van der Waals surface area contributed by atoms with Crippen molar-refractivity contribution in [2.24, 2.45) is 0 Å². The molecule has 2 aliphatic heterocycles. The number of rotatable bonds is 2. The van der Waals surface area contributed by atoms with Gasteiger partial charge in [0.25, 0.3) is 0 Å². The average molecular weight is 284 g/mol. The fourth-order valence-corrected chi connectivity index (χ4v) is 3.46. The molecule has 3 heteroatoms. The Morgan fingerprint density at radius 1 is 1.10 bits per heavy atom. The Kier molecular flexibility index (Phi) is 4.92. The van der Waals surface area contributed by atoms with Crippen LogP contribution in [0.5, 0.6) is 0 Å². The average Bonchev–Trinajstić information content (AvgIpc) is 2.54. The number of aliphatic hydroxyl groups is 1. The Hall–Kier alpha value is -1.34. The molecule has 1 unspecified atom stereocenters. The molecule has 3 rings (SSSR count). The van der Waals surface area contributed by atoms with E-state index in [1.54, 1.807) is 0 Å². The van der Waals surface area contributed by atoms with Crippen molar-refractivity contribution in [1.82, 2.24) is 9.80 Å². The van der Waals surface area contributed by atoms with E-state index < -0.39 is 0 Å². The van der Waals surface area contributed by atoms with Crippen molar-refractivity contribution in [3.8, 4) is 11.8 Å². The summed E-state index contributed by atoms with van der Waals surface area (Å²) in [4.78, 5) is 5.26. The second kappa shape index (κ2) is 7.09. The SMILES string of the molecule is OCC#Cc1ccc(CN2CCN3CCCCC3C2)cc1. The van der Waals surface area contributed by atoms with Crippen molar-refractivity contribution in [1.29, 1.82) is 0 Å².